The van der Waals surface area contributed by atoms with E-state index in [9.17, 15) is 4.79 Å². The van der Waals surface area contributed by atoms with Gasteiger partial charge in [-0.05, 0) is 57.8 Å². The number of carbonyl (C=O) groups excluding carboxylic acids is 1. The number of nitrogens with one attached hydrogen (secondary N) is 1. The molecule has 3 aliphatic rings. The van der Waals surface area contributed by atoms with Gasteiger partial charge >= 0.3 is 0 Å². The van der Waals surface area contributed by atoms with Crippen molar-refractivity contribution in [2.45, 2.75) is 38.3 Å². The molecule has 4 heterocycles. The molecule has 1 N–H and O–H groups in total. The SMILES string of the molecule is CC1(C)C(NC(=O)c2nc3ccccc3s2)C2CCN1CC2.Cl. The van der Waals surface area contributed by atoms with Gasteiger partial charge in [0.1, 0.15) is 0 Å². The van der Waals surface area contributed by atoms with Crippen LogP contribution in [0.4, 0.5) is 0 Å². The monoisotopic (exact) mass is 351 g/mol. The number of nitrogens with zero attached hydrogens (tertiary/aromatic N) is 2. The van der Waals surface area contributed by atoms with Gasteiger partial charge in [-0.3, -0.25) is 9.69 Å². The maximum atomic E-state index is 12.7. The fourth-order valence-electron chi connectivity index (χ4n) is 4.05. The van der Waals surface area contributed by atoms with Crippen molar-refractivity contribution in [3.8, 4) is 0 Å². The second-order valence-electron chi connectivity index (χ2n) is 6.92. The van der Waals surface area contributed by atoms with E-state index < -0.39 is 0 Å². The van der Waals surface area contributed by atoms with Gasteiger partial charge in [0.15, 0.2) is 5.01 Å². The summed E-state index contributed by atoms with van der Waals surface area (Å²) in [5.41, 5.74) is 0.943. The van der Waals surface area contributed by atoms with E-state index in [1.54, 1.807) is 0 Å². The lowest BCUT2D eigenvalue weighted by atomic mass is 9.72. The quantitative estimate of drug-likeness (QED) is 0.902. The Morgan fingerprint density at radius 2 is 2.00 bits per heavy atom. The Morgan fingerprint density at radius 1 is 1.30 bits per heavy atom. The largest absolute Gasteiger partial charge is 0.345 e. The second-order valence-corrected chi connectivity index (χ2v) is 7.95. The molecule has 1 aromatic heterocycles. The Balaban J connectivity index is 0.00000156. The molecule has 1 aromatic carbocycles. The van der Waals surface area contributed by atoms with Crippen LogP contribution in [-0.2, 0) is 0 Å². The highest BCUT2D eigenvalue weighted by Gasteiger charge is 2.48. The van der Waals surface area contributed by atoms with Crippen LogP contribution in [0.3, 0.4) is 0 Å². The Labute approximate surface area is 146 Å². The number of aromatic nitrogens is 1. The number of rotatable bonds is 2. The van der Waals surface area contributed by atoms with Crippen molar-refractivity contribution in [3.63, 3.8) is 0 Å². The number of thiazole rings is 1. The first-order valence-electron chi connectivity index (χ1n) is 7.97. The molecule has 3 saturated heterocycles. The molecule has 3 fully saturated rings. The number of hydrogen-bond donors (Lipinski definition) is 1. The van der Waals surface area contributed by atoms with Crippen molar-refractivity contribution in [3.05, 3.63) is 29.3 Å². The van der Waals surface area contributed by atoms with Crippen molar-refractivity contribution in [2.24, 2.45) is 5.92 Å². The van der Waals surface area contributed by atoms with Crippen LogP contribution in [0.15, 0.2) is 24.3 Å². The third kappa shape index (κ3) is 2.75. The molecule has 2 aromatic rings. The zero-order valence-electron chi connectivity index (χ0n) is 13.4. The summed E-state index contributed by atoms with van der Waals surface area (Å²) in [6.45, 7) is 6.82. The first-order valence-corrected chi connectivity index (χ1v) is 8.79. The maximum Gasteiger partial charge on any atom is 0.280 e. The van der Waals surface area contributed by atoms with Gasteiger partial charge in [0, 0.05) is 11.6 Å². The highest BCUT2D eigenvalue weighted by atomic mass is 35.5. The summed E-state index contributed by atoms with van der Waals surface area (Å²) in [4.78, 5) is 19.7. The minimum atomic E-state index is -0.0203. The van der Waals surface area contributed by atoms with E-state index in [4.69, 9.17) is 0 Å². The highest BCUT2D eigenvalue weighted by molar-refractivity contribution is 7.20. The molecule has 4 nitrogen and oxygen atoms in total. The Hall–Kier alpha value is -1.17. The van der Waals surface area contributed by atoms with Gasteiger partial charge in [-0.1, -0.05) is 12.1 Å². The van der Waals surface area contributed by atoms with Gasteiger partial charge < -0.3 is 5.32 Å². The lowest BCUT2D eigenvalue weighted by molar-refractivity contribution is -0.0378. The fourth-order valence-corrected chi connectivity index (χ4v) is 4.92. The number of piperidine rings is 3. The third-order valence-electron chi connectivity index (χ3n) is 5.36. The third-order valence-corrected chi connectivity index (χ3v) is 6.40. The van der Waals surface area contributed by atoms with Crippen LogP contribution in [0, 0.1) is 5.92 Å². The summed E-state index contributed by atoms with van der Waals surface area (Å²) in [5, 5.41) is 3.86. The Kier molecular flexibility index (Phi) is 4.38. The molecule has 0 saturated carbocycles. The molecule has 6 heteroatoms. The first-order chi connectivity index (χ1) is 10.6. The molecular formula is C17H22ClN3OS. The van der Waals surface area contributed by atoms with Crippen LogP contribution >= 0.6 is 23.7 Å². The van der Waals surface area contributed by atoms with E-state index in [1.807, 2.05) is 24.3 Å². The predicted molar refractivity (Wildman–Crippen MR) is 96.5 cm³/mol. The zero-order valence-corrected chi connectivity index (χ0v) is 15.0. The topological polar surface area (TPSA) is 45.2 Å². The van der Waals surface area contributed by atoms with Crippen molar-refractivity contribution in [1.82, 2.24) is 15.2 Å². The first kappa shape index (κ1) is 16.7. The van der Waals surface area contributed by atoms with Crippen LogP contribution in [0.2, 0.25) is 0 Å². The van der Waals surface area contributed by atoms with E-state index in [2.05, 4.69) is 29.0 Å². The zero-order chi connectivity index (χ0) is 15.3. The minimum absolute atomic E-state index is 0. The normalized spacial score (nSPS) is 28.3. The van der Waals surface area contributed by atoms with Gasteiger partial charge in [0.25, 0.3) is 5.91 Å². The summed E-state index contributed by atoms with van der Waals surface area (Å²) in [6.07, 6.45) is 2.38. The highest BCUT2D eigenvalue weighted by Crippen LogP contribution is 2.39. The van der Waals surface area contributed by atoms with E-state index in [-0.39, 0.29) is 29.9 Å². The van der Waals surface area contributed by atoms with Crippen molar-refractivity contribution >= 4 is 39.9 Å². The van der Waals surface area contributed by atoms with Gasteiger partial charge in [0.05, 0.1) is 10.2 Å². The number of hydrogen-bond acceptors (Lipinski definition) is 4. The molecule has 1 unspecified atom stereocenters. The van der Waals surface area contributed by atoms with Crippen LogP contribution in [-0.4, -0.2) is 40.5 Å². The van der Waals surface area contributed by atoms with Gasteiger partial charge in [-0.15, -0.1) is 23.7 Å². The Bertz CT molecular complexity index is 688. The van der Waals surface area contributed by atoms with Gasteiger partial charge in [-0.2, -0.15) is 0 Å². The standard InChI is InChI=1S/C17H21N3OS.ClH/c1-17(2)14(11-7-9-20(17)10-8-11)19-15(21)16-18-12-5-3-4-6-13(12)22-16;/h3-6,11,14H,7-10H2,1-2H3,(H,19,21);1H. The maximum absolute atomic E-state index is 12.7. The lowest BCUT2D eigenvalue weighted by Gasteiger charge is -2.56. The summed E-state index contributed by atoms with van der Waals surface area (Å²) >= 11 is 1.48. The summed E-state index contributed by atoms with van der Waals surface area (Å²) in [5.74, 6) is 0.575. The minimum Gasteiger partial charge on any atom is -0.345 e. The molecule has 1 amide bonds. The number of para-hydroxylation sites is 1. The van der Waals surface area contributed by atoms with Crippen LogP contribution in [0.5, 0.6) is 0 Å². The second kappa shape index (κ2) is 6.04. The van der Waals surface area contributed by atoms with E-state index in [0.717, 1.165) is 23.3 Å². The molecule has 3 aliphatic heterocycles. The number of amides is 1. The molecule has 23 heavy (non-hydrogen) atoms. The van der Waals surface area contributed by atoms with E-state index >= 15 is 0 Å². The molecule has 2 bridgehead atoms. The number of carbonyl (C=O) groups is 1. The van der Waals surface area contributed by atoms with Crippen LogP contribution in [0.25, 0.3) is 10.2 Å². The molecule has 0 aliphatic carbocycles. The molecule has 0 radical (unpaired) electrons. The number of benzene rings is 1. The molecular weight excluding hydrogens is 330 g/mol. The average Bonchev–Trinajstić information content (AvgIpc) is 2.95. The van der Waals surface area contributed by atoms with Gasteiger partial charge in [-0.25, -0.2) is 4.98 Å². The summed E-state index contributed by atoms with van der Waals surface area (Å²) in [7, 11) is 0. The molecule has 5 rings (SSSR count). The predicted octanol–water partition coefficient (Wildman–Crippen LogP) is 3.32. The van der Waals surface area contributed by atoms with E-state index in [1.165, 1.54) is 24.2 Å². The number of fused-ring (bicyclic) bond motifs is 4. The van der Waals surface area contributed by atoms with Gasteiger partial charge in [0.2, 0.25) is 0 Å². The summed E-state index contributed by atoms with van der Waals surface area (Å²) in [6, 6.07) is 8.14. The molecule has 124 valence electrons. The average molecular weight is 352 g/mol. The lowest BCUT2D eigenvalue weighted by Crippen LogP contribution is -2.69. The smallest absolute Gasteiger partial charge is 0.280 e. The molecule has 1 atom stereocenters. The van der Waals surface area contributed by atoms with Crippen molar-refractivity contribution in [2.75, 3.05) is 13.1 Å². The van der Waals surface area contributed by atoms with Crippen molar-refractivity contribution < 1.29 is 4.79 Å². The van der Waals surface area contributed by atoms with Crippen molar-refractivity contribution in [1.29, 1.82) is 0 Å². The summed E-state index contributed by atoms with van der Waals surface area (Å²) < 4.78 is 1.07. The fraction of sp³-hybridized carbons (Fsp3) is 0.529. The van der Waals surface area contributed by atoms with Crippen LogP contribution < -0.4 is 5.32 Å². The molecule has 0 spiro atoms. The van der Waals surface area contributed by atoms with E-state index in [0.29, 0.717) is 10.9 Å². The van der Waals surface area contributed by atoms with Crippen LogP contribution in [0.1, 0.15) is 36.5 Å². The Morgan fingerprint density at radius 3 is 2.65 bits per heavy atom. The number of halogens is 1.